The summed E-state index contributed by atoms with van der Waals surface area (Å²) < 4.78 is 14.5. The second-order valence-corrected chi connectivity index (χ2v) is 5.97. The maximum absolute atomic E-state index is 14.5. The third kappa shape index (κ3) is 3.05. The van der Waals surface area contributed by atoms with Crippen molar-refractivity contribution in [3.8, 4) is 11.1 Å². The molecule has 0 spiro atoms. The molecular weight excluding hydrogens is 307 g/mol. The summed E-state index contributed by atoms with van der Waals surface area (Å²) in [7, 11) is 1.59. The largest absolute Gasteiger partial charge is 0.335 e. The summed E-state index contributed by atoms with van der Waals surface area (Å²) in [6.07, 6.45) is 0. The van der Waals surface area contributed by atoms with Crippen LogP contribution in [0.4, 0.5) is 10.1 Å². The van der Waals surface area contributed by atoms with Gasteiger partial charge in [0.1, 0.15) is 5.82 Å². The Bertz CT molecular complexity index is 813. The van der Waals surface area contributed by atoms with E-state index in [1.807, 2.05) is 19.1 Å². The van der Waals surface area contributed by atoms with E-state index in [0.29, 0.717) is 35.5 Å². The molecule has 1 heterocycles. The van der Waals surface area contributed by atoms with Crippen molar-refractivity contribution in [1.29, 1.82) is 0 Å². The minimum Gasteiger partial charge on any atom is -0.335 e. The van der Waals surface area contributed by atoms with Gasteiger partial charge in [0.25, 0.3) is 5.91 Å². The average molecular weight is 326 g/mol. The smallest absolute Gasteiger partial charge is 0.254 e. The number of carbonyl (C=O) groups is 1. The zero-order chi connectivity index (χ0) is 17.3. The van der Waals surface area contributed by atoms with Crippen molar-refractivity contribution in [1.82, 2.24) is 4.90 Å². The number of hydrogen-bond acceptors (Lipinski definition) is 4. The lowest BCUT2D eigenvalue weighted by Gasteiger charge is -2.36. The van der Waals surface area contributed by atoms with Gasteiger partial charge < -0.3 is 10.6 Å². The Morgan fingerprint density at radius 1 is 1.25 bits per heavy atom. The molecule has 1 amide bonds. The van der Waals surface area contributed by atoms with Gasteiger partial charge in [-0.05, 0) is 36.2 Å². The summed E-state index contributed by atoms with van der Waals surface area (Å²) in [5.41, 5.74) is 8.81. The number of benzene rings is 2. The van der Waals surface area contributed by atoms with Crippen molar-refractivity contribution < 1.29 is 9.18 Å². The fourth-order valence-electron chi connectivity index (χ4n) is 2.74. The molecule has 0 bridgehead atoms. The van der Waals surface area contributed by atoms with Crippen LogP contribution in [0.2, 0.25) is 0 Å². The summed E-state index contributed by atoms with van der Waals surface area (Å²) in [6.45, 7) is 2.96. The fraction of sp³-hybridized carbons (Fsp3) is 0.278. The molecule has 1 fully saturated rings. The second kappa shape index (κ2) is 6.49. The lowest BCUT2D eigenvalue weighted by Crippen LogP contribution is -2.57. The third-order valence-electron chi connectivity index (χ3n) is 4.14. The summed E-state index contributed by atoms with van der Waals surface area (Å²) in [6, 6.07) is 10.1. The predicted octanol–water partition coefficient (Wildman–Crippen LogP) is 3.30. The Kier molecular flexibility index (Phi) is 4.40. The van der Waals surface area contributed by atoms with E-state index in [0.717, 1.165) is 5.56 Å². The highest BCUT2D eigenvalue weighted by Gasteiger charge is 2.28. The quantitative estimate of drug-likeness (QED) is 0.879. The van der Waals surface area contributed by atoms with Gasteiger partial charge in [0.15, 0.2) is 0 Å². The van der Waals surface area contributed by atoms with E-state index >= 15 is 0 Å². The van der Waals surface area contributed by atoms with Crippen molar-refractivity contribution in [2.45, 2.75) is 13.0 Å². The van der Waals surface area contributed by atoms with Crippen LogP contribution in [0.3, 0.4) is 0 Å². The molecule has 1 saturated heterocycles. The van der Waals surface area contributed by atoms with Crippen LogP contribution < -0.4 is 5.73 Å². The molecule has 0 saturated carbocycles. The number of nitrogens with two attached hydrogens (primary N) is 1. The molecular formula is C18H19FN4O. The molecule has 124 valence electrons. The Morgan fingerprint density at radius 2 is 2.00 bits per heavy atom. The van der Waals surface area contributed by atoms with Crippen molar-refractivity contribution in [3.05, 3.63) is 53.3 Å². The lowest BCUT2D eigenvalue weighted by molar-refractivity contribution is 0.0607. The molecule has 2 aromatic carbocycles. The lowest BCUT2D eigenvalue weighted by atomic mass is 10.00. The maximum Gasteiger partial charge on any atom is 0.254 e. The minimum absolute atomic E-state index is 0.0248. The highest BCUT2D eigenvalue weighted by atomic mass is 19.1. The SMILES string of the molecule is CN=Nc1cc(-c2ccc(C(=O)N3CC(N)C3)cc2F)ccc1C. The van der Waals surface area contributed by atoms with Gasteiger partial charge in [0.2, 0.25) is 0 Å². The number of rotatable bonds is 3. The number of likely N-dealkylation sites (tertiary alicyclic amines) is 1. The Hall–Kier alpha value is -2.60. The van der Waals surface area contributed by atoms with E-state index in [1.165, 1.54) is 6.07 Å². The molecule has 6 heteroatoms. The van der Waals surface area contributed by atoms with Gasteiger partial charge in [-0.25, -0.2) is 4.39 Å². The van der Waals surface area contributed by atoms with Crippen LogP contribution in [-0.2, 0) is 0 Å². The topological polar surface area (TPSA) is 71.0 Å². The number of azo groups is 1. The minimum atomic E-state index is -0.436. The molecule has 0 atom stereocenters. The molecule has 5 nitrogen and oxygen atoms in total. The Balaban J connectivity index is 1.90. The number of carbonyl (C=O) groups excluding carboxylic acids is 1. The van der Waals surface area contributed by atoms with Crippen LogP contribution in [0.25, 0.3) is 11.1 Å². The number of halogens is 1. The first-order chi connectivity index (χ1) is 11.5. The van der Waals surface area contributed by atoms with Crippen LogP contribution in [0.5, 0.6) is 0 Å². The van der Waals surface area contributed by atoms with Crippen LogP contribution >= 0.6 is 0 Å². The number of aryl methyl sites for hydroxylation is 1. The van der Waals surface area contributed by atoms with Crippen LogP contribution in [-0.4, -0.2) is 37.0 Å². The third-order valence-corrected chi connectivity index (χ3v) is 4.14. The van der Waals surface area contributed by atoms with E-state index in [1.54, 1.807) is 30.1 Å². The zero-order valence-electron chi connectivity index (χ0n) is 13.7. The fourth-order valence-corrected chi connectivity index (χ4v) is 2.74. The molecule has 2 aromatic rings. The van der Waals surface area contributed by atoms with Crippen molar-refractivity contribution in [3.63, 3.8) is 0 Å². The van der Waals surface area contributed by atoms with Gasteiger partial charge in [-0.2, -0.15) is 10.2 Å². The first kappa shape index (κ1) is 16.3. The zero-order valence-corrected chi connectivity index (χ0v) is 13.7. The average Bonchev–Trinajstić information content (AvgIpc) is 2.53. The molecule has 0 aromatic heterocycles. The van der Waals surface area contributed by atoms with Crippen molar-refractivity contribution >= 4 is 11.6 Å². The number of nitrogens with zero attached hydrogens (tertiary/aromatic N) is 3. The van der Waals surface area contributed by atoms with Crippen LogP contribution in [0, 0.1) is 12.7 Å². The van der Waals surface area contributed by atoms with E-state index < -0.39 is 5.82 Å². The monoisotopic (exact) mass is 326 g/mol. The summed E-state index contributed by atoms with van der Waals surface area (Å²) in [4.78, 5) is 13.8. The second-order valence-electron chi connectivity index (χ2n) is 5.97. The molecule has 2 N–H and O–H groups in total. The number of amides is 1. The van der Waals surface area contributed by atoms with Gasteiger partial charge >= 0.3 is 0 Å². The van der Waals surface area contributed by atoms with Gasteiger partial charge in [0.05, 0.1) is 5.69 Å². The summed E-state index contributed by atoms with van der Waals surface area (Å²) in [5.74, 6) is -0.625. The highest BCUT2D eigenvalue weighted by Crippen LogP contribution is 2.30. The van der Waals surface area contributed by atoms with E-state index in [9.17, 15) is 9.18 Å². The van der Waals surface area contributed by atoms with E-state index in [4.69, 9.17) is 5.73 Å². The molecule has 0 unspecified atom stereocenters. The molecule has 3 rings (SSSR count). The van der Waals surface area contributed by atoms with E-state index in [2.05, 4.69) is 10.2 Å². The van der Waals surface area contributed by atoms with Gasteiger partial charge in [-0.15, -0.1) is 0 Å². The van der Waals surface area contributed by atoms with E-state index in [-0.39, 0.29) is 11.9 Å². The standard InChI is InChI=1S/C18H19FN4O/c1-11-3-4-12(8-17(11)22-21-2)15-6-5-13(7-16(15)19)18(24)23-9-14(20)10-23/h3-8,14H,9-10,20H2,1-2H3. The number of hydrogen-bond donors (Lipinski definition) is 1. The van der Waals surface area contributed by atoms with Gasteiger partial charge in [0, 0.05) is 37.3 Å². The molecule has 0 radical (unpaired) electrons. The summed E-state index contributed by atoms with van der Waals surface area (Å²) >= 11 is 0. The Labute approximate surface area is 140 Å². The maximum atomic E-state index is 14.5. The normalized spacial score (nSPS) is 14.9. The highest BCUT2D eigenvalue weighted by molar-refractivity contribution is 5.95. The first-order valence-corrected chi connectivity index (χ1v) is 7.75. The predicted molar refractivity (Wildman–Crippen MR) is 90.9 cm³/mol. The summed E-state index contributed by atoms with van der Waals surface area (Å²) in [5, 5.41) is 7.82. The molecule has 1 aliphatic heterocycles. The van der Waals surface area contributed by atoms with Crippen LogP contribution in [0.1, 0.15) is 15.9 Å². The van der Waals surface area contributed by atoms with Crippen LogP contribution in [0.15, 0.2) is 46.6 Å². The molecule has 24 heavy (non-hydrogen) atoms. The van der Waals surface area contributed by atoms with Crippen molar-refractivity contribution in [2.75, 3.05) is 20.1 Å². The molecule has 0 aliphatic carbocycles. The van der Waals surface area contributed by atoms with Gasteiger partial charge in [-0.3, -0.25) is 4.79 Å². The first-order valence-electron chi connectivity index (χ1n) is 7.75. The van der Waals surface area contributed by atoms with Gasteiger partial charge in [-0.1, -0.05) is 18.2 Å². The Morgan fingerprint density at radius 3 is 2.62 bits per heavy atom. The van der Waals surface area contributed by atoms with Crippen molar-refractivity contribution in [2.24, 2.45) is 16.0 Å². The molecule has 1 aliphatic rings.